The van der Waals surface area contributed by atoms with Crippen LogP contribution in [0.4, 0.5) is 0 Å². The van der Waals surface area contributed by atoms with E-state index in [1.807, 2.05) is 0 Å². The predicted octanol–water partition coefficient (Wildman–Crippen LogP) is 5.38. The van der Waals surface area contributed by atoms with Gasteiger partial charge in [-0.05, 0) is 56.5 Å². The van der Waals surface area contributed by atoms with Gasteiger partial charge in [-0.3, -0.25) is 0 Å². The molecule has 0 bridgehead atoms. The van der Waals surface area contributed by atoms with Gasteiger partial charge in [-0.15, -0.1) is 33.7 Å². The molecule has 0 saturated heterocycles. The van der Waals surface area contributed by atoms with Gasteiger partial charge >= 0.3 is 26.2 Å². The molecule has 0 aromatic heterocycles. The van der Waals surface area contributed by atoms with Gasteiger partial charge in [-0.1, -0.05) is 141 Å². The fourth-order valence-electron chi connectivity index (χ4n) is 7.08. The molecule has 0 saturated carbocycles. The third-order valence-electron chi connectivity index (χ3n) is 9.12. The molecule has 6 aromatic rings. The molecule has 0 nitrogen and oxygen atoms in total. The zero-order valence-electron chi connectivity index (χ0n) is 25.6. The Bertz CT molecular complexity index is 2000. The van der Waals surface area contributed by atoms with Crippen LogP contribution in [0, 0.1) is 5.92 Å². The van der Waals surface area contributed by atoms with Crippen molar-refractivity contribution < 1.29 is 51.0 Å². The molecule has 2 unspecified atom stereocenters. The molecule has 0 amide bonds. The summed E-state index contributed by atoms with van der Waals surface area (Å²) in [6.07, 6.45) is 8.17. The summed E-state index contributed by atoms with van der Waals surface area (Å²) in [5, 5.41) is 8.18. The molecule has 4 heteroatoms. The topological polar surface area (TPSA) is 0 Å². The number of rotatable bonds is 4. The van der Waals surface area contributed by atoms with Crippen LogP contribution in [-0.4, -0.2) is 9.52 Å². The van der Waals surface area contributed by atoms with E-state index in [1.165, 1.54) is 71.3 Å². The number of hydrogen-bond acceptors (Lipinski definition) is 0. The van der Waals surface area contributed by atoms with Crippen molar-refractivity contribution >= 4 is 60.1 Å². The van der Waals surface area contributed by atoms with E-state index < -0.39 is 0 Å². The molecule has 3 radical (unpaired) electrons. The van der Waals surface area contributed by atoms with Crippen molar-refractivity contribution in [3.63, 3.8) is 0 Å². The SMILES string of the molecule is CCC(C)C1=Cc2c(-c3ccc4c5c(cccc35)C=C4)cccc2C1c1cccc2c1[cH-]c1ccccc12.C[Si]C.[Cl-].[Cl-].[Zr+3]. The van der Waals surface area contributed by atoms with Gasteiger partial charge < -0.3 is 24.8 Å². The number of benzene rings is 5. The van der Waals surface area contributed by atoms with Gasteiger partial charge in [0.1, 0.15) is 0 Å². The maximum absolute atomic E-state index is 2.53. The zero-order chi connectivity index (χ0) is 28.1. The summed E-state index contributed by atoms with van der Waals surface area (Å²) in [5.41, 5.74) is 11.2. The van der Waals surface area contributed by atoms with Crippen molar-refractivity contribution in [1.29, 1.82) is 0 Å². The van der Waals surface area contributed by atoms with E-state index in [4.69, 9.17) is 0 Å². The summed E-state index contributed by atoms with van der Waals surface area (Å²) >= 11 is 0. The van der Waals surface area contributed by atoms with Crippen molar-refractivity contribution in [2.45, 2.75) is 39.3 Å². The van der Waals surface area contributed by atoms with Gasteiger partial charge in [0, 0.05) is 15.4 Å². The van der Waals surface area contributed by atoms with E-state index in [0.29, 0.717) is 5.92 Å². The smallest absolute Gasteiger partial charge is 1.00 e. The molecule has 0 heterocycles. The first-order valence-electron chi connectivity index (χ1n) is 14.9. The minimum absolute atomic E-state index is 0. The monoisotopic (exact) mass is 703 g/mol. The third-order valence-corrected chi connectivity index (χ3v) is 9.12. The van der Waals surface area contributed by atoms with Gasteiger partial charge in [0.15, 0.2) is 0 Å². The molecule has 6 aromatic carbocycles. The van der Waals surface area contributed by atoms with E-state index in [0.717, 1.165) is 15.9 Å². The summed E-state index contributed by atoms with van der Waals surface area (Å²) < 4.78 is 0. The summed E-state index contributed by atoms with van der Waals surface area (Å²) in [6.45, 7) is 9.02. The molecule has 217 valence electrons. The van der Waals surface area contributed by atoms with Crippen LogP contribution in [0.3, 0.4) is 0 Å². The first-order chi connectivity index (χ1) is 20.1. The molecule has 2 aliphatic rings. The standard InChI is InChI=1S/C38H29.C2H6Si.2ClH.Zr/c1-3-23(2)34-22-36-29(30-20-19-25-18-17-24-10-6-14-31(30)37(24)25)13-8-16-33(36)38(34)32-15-7-12-28-27-11-5-4-9-26(27)21-35(28)32;1-3-2;;;/h4-23,38H,3H2,1-2H3;1-2H3;2*1H;/q-1;;;;+3/p-2. The number of fused-ring (bicyclic) bond motifs is 4. The summed E-state index contributed by atoms with van der Waals surface area (Å²) in [6, 6.07) is 36.5. The van der Waals surface area contributed by atoms with Crippen molar-refractivity contribution in [3.05, 3.63) is 130 Å². The van der Waals surface area contributed by atoms with Crippen LogP contribution in [0.1, 0.15) is 54.0 Å². The molecule has 0 aliphatic heterocycles. The number of halogens is 2. The Balaban J connectivity index is 0.000000710. The normalized spacial score (nSPS) is 14.6. The summed E-state index contributed by atoms with van der Waals surface area (Å²) in [7, 11) is 1.08. The number of hydrogen-bond donors (Lipinski definition) is 0. The fraction of sp³-hybridized carbons (Fsp3) is 0.175. The zero-order valence-corrected chi connectivity index (χ0v) is 30.6. The van der Waals surface area contributed by atoms with Crippen molar-refractivity contribution in [2.24, 2.45) is 5.92 Å². The first kappa shape index (κ1) is 34.3. The largest absolute Gasteiger partial charge is 3.00 e. The van der Waals surface area contributed by atoms with Crippen LogP contribution >= 0.6 is 0 Å². The van der Waals surface area contributed by atoms with E-state index in [9.17, 15) is 0 Å². The second kappa shape index (κ2) is 14.2. The van der Waals surface area contributed by atoms with E-state index in [-0.39, 0.29) is 56.9 Å². The van der Waals surface area contributed by atoms with Gasteiger partial charge in [-0.2, -0.15) is 0 Å². The Hall–Kier alpha value is -2.61. The molecule has 44 heavy (non-hydrogen) atoms. The first-order valence-corrected chi connectivity index (χ1v) is 16.9. The molecule has 0 N–H and O–H groups in total. The van der Waals surface area contributed by atoms with Gasteiger partial charge in [-0.25, -0.2) is 0 Å². The molecular weight excluding hydrogens is 671 g/mol. The molecule has 8 rings (SSSR count). The Morgan fingerprint density at radius 3 is 2.11 bits per heavy atom. The Morgan fingerprint density at radius 1 is 0.705 bits per heavy atom. The molecule has 0 spiro atoms. The average molecular weight is 706 g/mol. The van der Waals surface area contributed by atoms with Crippen molar-refractivity contribution in [2.75, 3.05) is 0 Å². The second-order valence-corrected chi connectivity index (χ2v) is 12.5. The minimum Gasteiger partial charge on any atom is -1.00 e. The minimum atomic E-state index is 0. The van der Waals surface area contributed by atoms with Crippen molar-refractivity contribution in [1.82, 2.24) is 0 Å². The Morgan fingerprint density at radius 2 is 1.34 bits per heavy atom. The summed E-state index contributed by atoms with van der Waals surface area (Å²) in [4.78, 5) is 0. The van der Waals surface area contributed by atoms with Crippen LogP contribution in [-0.2, 0) is 26.2 Å². The Kier molecular flexibility index (Phi) is 11.1. The van der Waals surface area contributed by atoms with E-state index >= 15 is 0 Å². The molecule has 2 aliphatic carbocycles. The average Bonchev–Trinajstić information content (AvgIpc) is 3.72. The molecule has 0 fully saturated rings. The van der Waals surface area contributed by atoms with Crippen molar-refractivity contribution in [3.8, 4) is 11.1 Å². The van der Waals surface area contributed by atoms with Crippen LogP contribution in [0.15, 0.2) is 103 Å². The second-order valence-electron chi connectivity index (χ2n) is 11.5. The van der Waals surface area contributed by atoms with Crippen LogP contribution in [0.2, 0.25) is 13.1 Å². The van der Waals surface area contributed by atoms with Crippen LogP contribution in [0.5, 0.6) is 0 Å². The van der Waals surface area contributed by atoms with Gasteiger partial charge in [0.05, 0.1) is 0 Å². The summed E-state index contributed by atoms with van der Waals surface area (Å²) in [5.74, 6) is 0.788. The predicted molar refractivity (Wildman–Crippen MR) is 182 cm³/mol. The fourth-order valence-corrected chi connectivity index (χ4v) is 7.08. The third kappa shape index (κ3) is 5.54. The van der Waals surface area contributed by atoms with Gasteiger partial charge in [0.2, 0.25) is 0 Å². The quantitative estimate of drug-likeness (QED) is 0.171. The number of allylic oxidation sites excluding steroid dienone is 1. The van der Waals surface area contributed by atoms with Gasteiger partial charge in [0.25, 0.3) is 0 Å². The van der Waals surface area contributed by atoms with E-state index in [1.54, 1.807) is 5.57 Å². The molecule has 2 atom stereocenters. The van der Waals surface area contributed by atoms with Crippen LogP contribution < -0.4 is 24.8 Å². The maximum atomic E-state index is 2.53. The Labute approximate surface area is 295 Å². The maximum Gasteiger partial charge on any atom is 3.00 e. The van der Waals surface area contributed by atoms with Crippen LogP contribution in [0.25, 0.3) is 61.7 Å². The molecular formula is C40H35Cl2SiZr. The van der Waals surface area contributed by atoms with E-state index in [2.05, 4.69) is 142 Å².